The Kier molecular flexibility index (Phi) is 5.57. The van der Waals surface area contributed by atoms with Crippen LogP contribution in [0.3, 0.4) is 0 Å². The van der Waals surface area contributed by atoms with Crippen molar-refractivity contribution in [3.8, 4) is 10.4 Å². The third-order valence-electron chi connectivity index (χ3n) is 4.87. The highest BCUT2D eigenvalue weighted by molar-refractivity contribution is 7.91. The summed E-state index contributed by atoms with van der Waals surface area (Å²) < 4.78 is 25.4. The maximum atomic E-state index is 12.7. The van der Waals surface area contributed by atoms with Crippen LogP contribution in [0.4, 0.5) is 5.69 Å². The molecule has 9 heteroatoms. The Hall–Kier alpha value is -2.06. The number of carbonyl (C=O) groups excluding carboxylic acids is 1. The molecule has 1 aliphatic rings. The fourth-order valence-electron chi connectivity index (χ4n) is 3.34. The maximum absolute atomic E-state index is 12.7. The molecular weight excluding hydrogens is 463 g/mol. The van der Waals surface area contributed by atoms with E-state index in [1.54, 1.807) is 6.07 Å². The number of carbonyl (C=O) groups is 1. The van der Waals surface area contributed by atoms with Gasteiger partial charge in [0.25, 0.3) is 5.91 Å². The summed E-state index contributed by atoms with van der Waals surface area (Å²) in [5, 5.41) is 3.42. The van der Waals surface area contributed by atoms with Gasteiger partial charge >= 0.3 is 0 Å². The Labute approximate surface area is 189 Å². The van der Waals surface area contributed by atoms with Crippen LogP contribution in [-0.4, -0.2) is 28.4 Å². The number of nitrogens with zero attached hydrogens (tertiary/aromatic N) is 1. The van der Waals surface area contributed by atoms with Crippen LogP contribution in [0.5, 0.6) is 0 Å². The first kappa shape index (κ1) is 21.2. The first-order chi connectivity index (χ1) is 14.2. The topological polar surface area (TPSA) is 66.5 Å². The Morgan fingerprint density at radius 1 is 1.13 bits per heavy atom. The normalized spacial score (nSPS) is 14.0. The van der Waals surface area contributed by atoms with Crippen molar-refractivity contribution >= 4 is 56.0 Å². The highest BCUT2D eigenvalue weighted by atomic mass is 35.5. The van der Waals surface area contributed by atoms with E-state index in [2.05, 4.69) is 5.32 Å². The molecule has 0 saturated carbocycles. The second-order valence-electron chi connectivity index (χ2n) is 7.23. The highest BCUT2D eigenvalue weighted by Gasteiger charge is 2.33. The largest absolute Gasteiger partial charge is 0.378 e. The standard InChI is InChI=1S/C21H18Cl2N2O3S2/c1-25(2)15-5-3-12(4-6-15)10-24-21(26)17-7-13-11-30(27,28)18-9-14(22)8-16(23)19(18)20(13)29-17/h3-9H,10-11H2,1-2H3,(H,24,26). The highest BCUT2D eigenvalue weighted by Crippen LogP contribution is 2.47. The van der Waals surface area contributed by atoms with Crippen LogP contribution in [0.2, 0.25) is 10.0 Å². The lowest BCUT2D eigenvalue weighted by atomic mass is 10.1. The first-order valence-electron chi connectivity index (χ1n) is 9.05. The van der Waals surface area contributed by atoms with E-state index >= 15 is 0 Å². The average molecular weight is 481 g/mol. The smallest absolute Gasteiger partial charge is 0.261 e. The molecule has 2 heterocycles. The molecule has 1 amide bonds. The number of thiophene rings is 1. The minimum absolute atomic E-state index is 0.113. The van der Waals surface area contributed by atoms with Gasteiger partial charge in [-0.3, -0.25) is 4.79 Å². The fourth-order valence-corrected chi connectivity index (χ4v) is 7.05. The maximum Gasteiger partial charge on any atom is 0.261 e. The van der Waals surface area contributed by atoms with E-state index in [0.29, 0.717) is 27.4 Å². The monoisotopic (exact) mass is 480 g/mol. The summed E-state index contributed by atoms with van der Waals surface area (Å²) in [6, 6.07) is 12.5. The molecule has 3 aromatic rings. The van der Waals surface area contributed by atoms with Crippen LogP contribution >= 0.6 is 34.5 Å². The van der Waals surface area contributed by atoms with E-state index in [0.717, 1.165) is 11.3 Å². The minimum atomic E-state index is -3.58. The van der Waals surface area contributed by atoms with Crippen LogP contribution in [0.15, 0.2) is 47.4 Å². The van der Waals surface area contributed by atoms with Gasteiger partial charge in [0.2, 0.25) is 0 Å². The van der Waals surface area contributed by atoms with E-state index in [1.165, 1.54) is 23.5 Å². The van der Waals surface area contributed by atoms with E-state index in [4.69, 9.17) is 23.2 Å². The Bertz CT molecular complexity index is 1250. The van der Waals surface area contributed by atoms with Gasteiger partial charge in [-0.25, -0.2) is 8.42 Å². The fraction of sp³-hybridized carbons (Fsp3) is 0.190. The van der Waals surface area contributed by atoms with Gasteiger partial charge in [0, 0.05) is 41.8 Å². The number of hydrogen-bond acceptors (Lipinski definition) is 5. The Morgan fingerprint density at radius 2 is 1.83 bits per heavy atom. The summed E-state index contributed by atoms with van der Waals surface area (Å²) in [5.74, 6) is -0.433. The molecule has 1 aromatic heterocycles. The van der Waals surface area contributed by atoms with Crippen molar-refractivity contribution in [2.45, 2.75) is 17.2 Å². The van der Waals surface area contributed by atoms with Gasteiger partial charge in [-0.2, -0.15) is 0 Å². The predicted octanol–water partition coefficient (Wildman–Crippen LogP) is 5.01. The minimum Gasteiger partial charge on any atom is -0.378 e. The number of rotatable bonds is 4. The zero-order chi connectivity index (χ0) is 21.6. The molecule has 2 aromatic carbocycles. The van der Waals surface area contributed by atoms with Crippen LogP contribution in [0.25, 0.3) is 10.4 Å². The lowest BCUT2D eigenvalue weighted by molar-refractivity contribution is 0.0955. The van der Waals surface area contributed by atoms with E-state index in [1.807, 2.05) is 43.3 Å². The molecule has 4 rings (SSSR count). The SMILES string of the molecule is CN(C)c1ccc(CNC(=O)c2cc3c(s2)-c2c(Cl)cc(Cl)cc2S(=O)(=O)C3)cc1. The molecule has 1 N–H and O–H groups in total. The average Bonchev–Trinajstić information content (AvgIpc) is 3.09. The van der Waals surface area contributed by atoms with Crippen LogP contribution in [0.1, 0.15) is 20.8 Å². The predicted molar refractivity (Wildman–Crippen MR) is 123 cm³/mol. The van der Waals surface area contributed by atoms with Crippen molar-refractivity contribution in [2.24, 2.45) is 0 Å². The van der Waals surface area contributed by atoms with Crippen LogP contribution in [0, 0.1) is 0 Å². The number of nitrogens with one attached hydrogen (secondary N) is 1. The van der Waals surface area contributed by atoms with Crippen molar-refractivity contribution in [1.29, 1.82) is 0 Å². The summed E-state index contributed by atoms with van der Waals surface area (Å²) in [7, 11) is 0.355. The zero-order valence-corrected chi connectivity index (χ0v) is 19.3. The van der Waals surface area contributed by atoms with Crippen molar-refractivity contribution in [2.75, 3.05) is 19.0 Å². The number of sulfone groups is 1. The second kappa shape index (κ2) is 7.89. The summed E-state index contributed by atoms with van der Waals surface area (Å²) in [6.45, 7) is 0.375. The van der Waals surface area contributed by atoms with Crippen LogP contribution < -0.4 is 10.2 Å². The zero-order valence-electron chi connectivity index (χ0n) is 16.2. The van der Waals surface area contributed by atoms with Gasteiger partial charge in [0.15, 0.2) is 9.84 Å². The number of fused-ring (bicyclic) bond motifs is 3. The summed E-state index contributed by atoms with van der Waals surface area (Å²) in [4.78, 5) is 16.0. The third kappa shape index (κ3) is 3.95. The summed E-state index contributed by atoms with van der Waals surface area (Å²) in [6.07, 6.45) is 0. The molecule has 0 saturated heterocycles. The molecule has 0 radical (unpaired) electrons. The molecule has 1 aliphatic heterocycles. The van der Waals surface area contributed by atoms with Crippen molar-refractivity contribution in [3.63, 3.8) is 0 Å². The van der Waals surface area contributed by atoms with Gasteiger partial charge in [0.05, 0.1) is 20.5 Å². The van der Waals surface area contributed by atoms with Crippen molar-refractivity contribution in [1.82, 2.24) is 5.32 Å². The molecule has 0 spiro atoms. The first-order valence-corrected chi connectivity index (χ1v) is 12.3. The Morgan fingerprint density at radius 3 is 2.50 bits per heavy atom. The Balaban J connectivity index is 1.59. The lowest BCUT2D eigenvalue weighted by Crippen LogP contribution is -2.21. The summed E-state index contributed by atoms with van der Waals surface area (Å²) in [5.41, 5.74) is 3.05. The van der Waals surface area contributed by atoms with E-state index in [-0.39, 0.29) is 26.6 Å². The van der Waals surface area contributed by atoms with Gasteiger partial charge in [-0.05, 0) is 41.5 Å². The molecule has 5 nitrogen and oxygen atoms in total. The second-order valence-corrected chi connectivity index (χ2v) is 11.1. The number of hydrogen-bond donors (Lipinski definition) is 1. The molecule has 0 fully saturated rings. The lowest BCUT2D eigenvalue weighted by Gasteiger charge is -2.18. The third-order valence-corrected chi connectivity index (χ3v) is 8.26. The molecular formula is C21H18Cl2N2O3S2. The van der Waals surface area contributed by atoms with Gasteiger partial charge in [-0.1, -0.05) is 35.3 Å². The van der Waals surface area contributed by atoms with E-state index < -0.39 is 9.84 Å². The number of anilines is 1. The molecule has 0 bridgehead atoms. The summed E-state index contributed by atoms with van der Waals surface area (Å²) >= 11 is 13.6. The van der Waals surface area contributed by atoms with Crippen molar-refractivity contribution in [3.05, 3.63) is 68.5 Å². The molecule has 156 valence electrons. The molecule has 30 heavy (non-hydrogen) atoms. The number of halogens is 2. The van der Waals surface area contributed by atoms with Gasteiger partial charge < -0.3 is 10.2 Å². The van der Waals surface area contributed by atoms with Gasteiger partial charge in [0.1, 0.15) is 0 Å². The van der Waals surface area contributed by atoms with Gasteiger partial charge in [-0.15, -0.1) is 11.3 Å². The van der Waals surface area contributed by atoms with Crippen LogP contribution in [-0.2, 0) is 22.1 Å². The number of amides is 1. The molecule has 0 aliphatic carbocycles. The van der Waals surface area contributed by atoms with Crippen molar-refractivity contribution < 1.29 is 13.2 Å². The quantitative estimate of drug-likeness (QED) is 0.569. The molecule has 0 atom stereocenters. The van der Waals surface area contributed by atoms with E-state index in [9.17, 15) is 13.2 Å². The molecule has 0 unspecified atom stereocenters. The number of benzene rings is 2.